The van der Waals surface area contributed by atoms with Crippen LogP contribution >= 0.6 is 11.3 Å². The first-order valence-corrected chi connectivity index (χ1v) is 6.53. The number of aromatic nitrogens is 1. The van der Waals surface area contributed by atoms with E-state index >= 15 is 0 Å². The lowest BCUT2D eigenvalue weighted by Crippen LogP contribution is -2.39. The summed E-state index contributed by atoms with van der Waals surface area (Å²) in [4.78, 5) is 16.7. The largest absolute Gasteiger partial charge is 0.434 e. The van der Waals surface area contributed by atoms with Gasteiger partial charge in [-0.25, -0.2) is 4.98 Å². The second kappa shape index (κ2) is 5.87. The number of nitrogens with zero attached hydrogens (tertiary/aromatic N) is 2. The number of alkyl halides is 3. The van der Waals surface area contributed by atoms with E-state index in [1.165, 1.54) is 11.9 Å². The van der Waals surface area contributed by atoms with Crippen molar-refractivity contribution in [1.29, 1.82) is 0 Å². The van der Waals surface area contributed by atoms with Gasteiger partial charge in [0.25, 0.3) is 0 Å². The number of nitrogens with two attached hydrogens (primary N) is 1. The molecule has 108 valence electrons. The van der Waals surface area contributed by atoms with Crippen LogP contribution in [0, 0.1) is 5.92 Å². The van der Waals surface area contributed by atoms with Gasteiger partial charge in [-0.3, -0.25) is 4.79 Å². The number of thiazole rings is 1. The Labute approximate surface area is 113 Å². The lowest BCUT2D eigenvalue weighted by Gasteiger charge is -2.22. The number of halogens is 3. The Kier molecular flexibility index (Phi) is 4.92. The van der Waals surface area contributed by atoms with E-state index < -0.39 is 11.9 Å². The maximum Gasteiger partial charge on any atom is 0.434 e. The van der Waals surface area contributed by atoms with Gasteiger partial charge in [0, 0.05) is 18.5 Å². The Morgan fingerprint density at radius 2 is 2.11 bits per heavy atom. The van der Waals surface area contributed by atoms with Crippen LogP contribution in [0.4, 0.5) is 13.2 Å². The maximum absolute atomic E-state index is 12.4. The molecule has 1 rings (SSSR count). The molecule has 4 nitrogen and oxygen atoms in total. The Hall–Kier alpha value is -1.15. The minimum absolute atomic E-state index is 0.0522. The van der Waals surface area contributed by atoms with Crippen molar-refractivity contribution in [3.05, 3.63) is 16.1 Å². The number of hydrogen-bond donors (Lipinski definition) is 1. The number of amides is 1. The van der Waals surface area contributed by atoms with Crippen LogP contribution in [-0.4, -0.2) is 28.9 Å². The highest BCUT2D eigenvalue weighted by molar-refractivity contribution is 7.09. The number of hydrogen-bond acceptors (Lipinski definition) is 4. The van der Waals surface area contributed by atoms with Gasteiger partial charge >= 0.3 is 6.18 Å². The standard InChI is InChI=1S/C11H16F3N3OS/c1-6(7(2)15)10(18)17(3)4-9-16-8(5-19-9)11(12,13)14/h5-7H,4,15H2,1-3H3. The van der Waals surface area contributed by atoms with Crippen LogP contribution in [0.2, 0.25) is 0 Å². The molecule has 0 aliphatic rings. The minimum Gasteiger partial charge on any atom is -0.339 e. The topological polar surface area (TPSA) is 59.2 Å². The molecule has 0 aromatic carbocycles. The smallest absolute Gasteiger partial charge is 0.339 e. The van der Waals surface area contributed by atoms with Crippen molar-refractivity contribution in [2.45, 2.75) is 32.6 Å². The van der Waals surface area contributed by atoms with Crippen molar-refractivity contribution in [1.82, 2.24) is 9.88 Å². The van der Waals surface area contributed by atoms with Crippen LogP contribution in [-0.2, 0) is 17.5 Å². The van der Waals surface area contributed by atoms with E-state index in [1.54, 1.807) is 13.8 Å². The van der Waals surface area contributed by atoms with Gasteiger partial charge in [0.1, 0.15) is 5.01 Å². The molecular formula is C11H16F3N3OS. The second-order valence-electron chi connectivity index (χ2n) is 4.47. The molecule has 0 saturated heterocycles. The lowest BCUT2D eigenvalue weighted by atomic mass is 10.0. The molecule has 2 N–H and O–H groups in total. The van der Waals surface area contributed by atoms with E-state index in [2.05, 4.69) is 4.98 Å². The molecule has 19 heavy (non-hydrogen) atoms. The highest BCUT2D eigenvalue weighted by Gasteiger charge is 2.34. The first-order chi connectivity index (χ1) is 8.62. The van der Waals surface area contributed by atoms with Gasteiger partial charge in [0.15, 0.2) is 5.69 Å². The molecule has 0 fully saturated rings. The molecule has 8 heteroatoms. The monoisotopic (exact) mass is 295 g/mol. The fourth-order valence-electron chi connectivity index (χ4n) is 1.37. The fourth-order valence-corrected chi connectivity index (χ4v) is 2.22. The summed E-state index contributed by atoms with van der Waals surface area (Å²) in [6, 6.07) is -0.308. The molecule has 1 aromatic rings. The van der Waals surface area contributed by atoms with Crippen molar-refractivity contribution >= 4 is 17.2 Å². The van der Waals surface area contributed by atoms with Gasteiger partial charge in [-0.1, -0.05) is 6.92 Å². The molecule has 0 aliphatic heterocycles. The summed E-state index contributed by atoms with van der Waals surface area (Å²) in [6.45, 7) is 3.45. The van der Waals surface area contributed by atoms with E-state index in [-0.39, 0.29) is 29.4 Å². The summed E-state index contributed by atoms with van der Waals surface area (Å²) in [5.74, 6) is -0.592. The summed E-state index contributed by atoms with van der Waals surface area (Å²) >= 11 is 0.886. The van der Waals surface area contributed by atoms with E-state index in [0.717, 1.165) is 16.7 Å². The van der Waals surface area contributed by atoms with Crippen LogP contribution in [0.5, 0.6) is 0 Å². The zero-order chi connectivity index (χ0) is 14.8. The summed E-state index contributed by atoms with van der Waals surface area (Å²) in [5.41, 5.74) is 4.70. The normalized spacial score (nSPS) is 15.1. The van der Waals surface area contributed by atoms with Gasteiger partial charge < -0.3 is 10.6 Å². The lowest BCUT2D eigenvalue weighted by molar-refractivity contribution is -0.140. The Morgan fingerprint density at radius 3 is 2.53 bits per heavy atom. The SMILES string of the molecule is CC(N)C(C)C(=O)N(C)Cc1nc(C(F)(F)F)cs1. The molecule has 0 spiro atoms. The van der Waals surface area contributed by atoms with E-state index in [0.29, 0.717) is 0 Å². The third-order valence-electron chi connectivity index (χ3n) is 2.77. The van der Waals surface area contributed by atoms with Crippen LogP contribution in [0.15, 0.2) is 5.38 Å². The molecule has 1 amide bonds. The van der Waals surface area contributed by atoms with Crippen molar-refractivity contribution in [2.75, 3.05) is 7.05 Å². The summed E-state index contributed by atoms with van der Waals surface area (Å²) in [7, 11) is 1.52. The zero-order valence-corrected chi connectivity index (χ0v) is 11.7. The van der Waals surface area contributed by atoms with Gasteiger partial charge in [-0.15, -0.1) is 11.3 Å². The average molecular weight is 295 g/mol. The van der Waals surface area contributed by atoms with Crippen molar-refractivity contribution in [3.63, 3.8) is 0 Å². The van der Waals surface area contributed by atoms with Crippen LogP contribution in [0.25, 0.3) is 0 Å². The minimum atomic E-state index is -4.45. The molecule has 2 unspecified atom stereocenters. The van der Waals surface area contributed by atoms with Crippen molar-refractivity contribution < 1.29 is 18.0 Å². The van der Waals surface area contributed by atoms with Crippen LogP contribution in [0.3, 0.4) is 0 Å². The second-order valence-corrected chi connectivity index (χ2v) is 5.41. The molecule has 1 aromatic heterocycles. The molecule has 2 atom stereocenters. The molecule has 0 radical (unpaired) electrons. The average Bonchev–Trinajstić information content (AvgIpc) is 2.74. The fraction of sp³-hybridized carbons (Fsp3) is 0.636. The molecule has 0 aliphatic carbocycles. The Bertz CT molecular complexity index is 445. The number of carbonyl (C=O) groups excluding carboxylic acids is 1. The van der Waals surface area contributed by atoms with Gasteiger partial charge in [-0.2, -0.15) is 13.2 Å². The third kappa shape index (κ3) is 4.17. The summed E-state index contributed by atoms with van der Waals surface area (Å²) < 4.78 is 37.1. The van der Waals surface area contributed by atoms with E-state index in [4.69, 9.17) is 5.73 Å². The molecule has 1 heterocycles. The molecule has 0 bridgehead atoms. The first-order valence-electron chi connectivity index (χ1n) is 5.65. The van der Waals surface area contributed by atoms with Crippen molar-refractivity contribution in [2.24, 2.45) is 11.7 Å². The predicted molar refractivity (Wildman–Crippen MR) is 66.4 cm³/mol. The van der Waals surface area contributed by atoms with E-state index in [1.807, 2.05) is 0 Å². The quantitative estimate of drug-likeness (QED) is 0.925. The summed E-state index contributed by atoms with van der Waals surface area (Å²) in [5, 5.41) is 1.20. The summed E-state index contributed by atoms with van der Waals surface area (Å²) in [6.07, 6.45) is -4.45. The van der Waals surface area contributed by atoms with Gasteiger partial charge in [0.05, 0.1) is 12.5 Å². The van der Waals surface area contributed by atoms with Gasteiger partial charge in [-0.05, 0) is 6.92 Å². The number of rotatable bonds is 4. The van der Waals surface area contributed by atoms with Crippen molar-refractivity contribution in [3.8, 4) is 0 Å². The highest BCUT2D eigenvalue weighted by atomic mass is 32.1. The Balaban J connectivity index is 2.70. The predicted octanol–water partition coefficient (Wildman–Crippen LogP) is 2.10. The maximum atomic E-state index is 12.4. The Morgan fingerprint density at radius 1 is 1.53 bits per heavy atom. The molecule has 0 saturated carbocycles. The molecular weight excluding hydrogens is 279 g/mol. The highest BCUT2D eigenvalue weighted by Crippen LogP contribution is 2.30. The zero-order valence-electron chi connectivity index (χ0n) is 10.9. The first kappa shape index (κ1) is 15.9. The van der Waals surface area contributed by atoms with E-state index in [9.17, 15) is 18.0 Å². The van der Waals surface area contributed by atoms with Crippen LogP contribution in [0.1, 0.15) is 24.5 Å². The number of carbonyl (C=O) groups is 1. The van der Waals surface area contributed by atoms with Gasteiger partial charge in [0.2, 0.25) is 5.91 Å². The van der Waals surface area contributed by atoms with Crippen LogP contribution < -0.4 is 5.73 Å². The third-order valence-corrected chi connectivity index (χ3v) is 3.60.